The minimum absolute atomic E-state index is 0.0411. The van der Waals surface area contributed by atoms with Crippen molar-refractivity contribution in [2.45, 2.75) is 30.4 Å². The fourth-order valence-electron chi connectivity index (χ4n) is 1.91. The maximum absolute atomic E-state index is 12.0. The van der Waals surface area contributed by atoms with E-state index in [1.807, 2.05) is 18.2 Å². The Morgan fingerprint density at radius 1 is 1.22 bits per heavy atom. The molecule has 2 rings (SSSR count). The fourth-order valence-corrected chi connectivity index (χ4v) is 4.45. The molecule has 1 aromatic heterocycles. The van der Waals surface area contributed by atoms with Crippen LogP contribution in [0.15, 0.2) is 40.6 Å². The van der Waals surface area contributed by atoms with E-state index >= 15 is 0 Å². The zero-order valence-corrected chi connectivity index (χ0v) is 15.7. The van der Waals surface area contributed by atoms with Gasteiger partial charge in [0.1, 0.15) is 16.6 Å². The Morgan fingerprint density at radius 2 is 1.96 bits per heavy atom. The van der Waals surface area contributed by atoms with Crippen LogP contribution in [0.5, 0.6) is 5.75 Å². The van der Waals surface area contributed by atoms with E-state index in [9.17, 15) is 8.42 Å². The average molecular weight is 374 g/mol. The van der Waals surface area contributed by atoms with E-state index in [4.69, 9.17) is 16.3 Å². The summed E-state index contributed by atoms with van der Waals surface area (Å²) in [6.45, 7) is 6.84. The monoisotopic (exact) mass is 373 g/mol. The molecule has 4 nitrogen and oxygen atoms in total. The summed E-state index contributed by atoms with van der Waals surface area (Å²) < 4.78 is 32.8. The first-order chi connectivity index (χ1) is 10.7. The zero-order chi connectivity index (χ0) is 17.1. The summed E-state index contributed by atoms with van der Waals surface area (Å²) >= 11 is 6.79. The van der Waals surface area contributed by atoms with Crippen LogP contribution < -0.4 is 9.46 Å². The number of nitrogens with one attached hydrogen (secondary N) is 1. The third-order valence-electron chi connectivity index (χ3n) is 3.18. The first-order valence-electron chi connectivity index (χ1n) is 7.17. The van der Waals surface area contributed by atoms with Gasteiger partial charge in [-0.2, -0.15) is 0 Å². The minimum atomic E-state index is -3.52. The minimum Gasteiger partial charge on any atom is -0.492 e. The molecule has 0 aliphatic carbocycles. The van der Waals surface area contributed by atoms with Crippen LogP contribution in [-0.2, 0) is 15.4 Å². The van der Waals surface area contributed by atoms with Crippen LogP contribution in [0.1, 0.15) is 26.3 Å². The van der Waals surface area contributed by atoms with Crippen LogP contribution in [0.25, 0.3) is 0 Å². The van der Waals surface area contributed by atoms with Crippen molar-refractivity contribution in [3.8, 4) is 5.75 Å². The number of thiophene rings is 1. The van der Waals surface area contributed by atoms with Crippen LogP contribution >= 0.6 is 22.9 Å². The molecule has 0 atom stereocenters. The van der Waals surface area contributed by atoms with Crippen molar-refractivity contribution in [3.05, 3.63) is 46.3 Å². The van der Waals surface area contributed by atoms with Gasteiger partial charge in [0.05, 0.1) is 4.34 Å². The zero-order valence-electron chi connectivity index (χ0n) is 13.3. The number of halogens is 1. The van der Waals surface area contributed by atoms with Crippen molar-refractivity contribution in [3.63, 3.8) is 0 Å². The van der Waals surface area contributed by atoms with Gasteiger partial charge < -0.3 is 4.74 Å². The summed E-state index contributed by atoms with van der Waals surface area (Å²) in [5, 5.41) is 0. The van der Waals surface area contributed by atoms with E-state index < -0.39 is 10.0 Å². The molecule has 0 radical (unpaired) electrons. The quantitative estimate of drug-likeness (QED) is 0.777. The molecule has 0 unspecified atom stereocenters. The molecule has 0 saturated carbocycles. The molecule has 0 aliphatic rings. The molecule has 1 aromatic carbocycles. The Kier molecular flexibility index (Phi) is 5.73. The van der Waals surface area contributed by atoms with Crippen LogP contribution in [0, 0.1) is 0 Å². The van der Waals surface area contributed by atoms with Gasteiger partial charge in [0.2, 0.25) is 10.0 Å². The van der Waals surface area contributed by atoms with E-state index in [1.54, 1.807) is 6.07 Å². The number of ether oxygens (including phenoxy) is 1. The second-order valence-electron chi connectivity index (χ2n) is 6.08. The summed E-state index contributed by atoms with van der Waals surface area (Å²) in [5.74, 6) is 0.732. The van der Waals surface area contributed by atoms with Crippen molar-refractivity contribution in [1.82, 2.24) is 4.72 Å². The van der Waals surface area contributed by atoms with Gasteiger partial charge in [0, 0.05) is 6.54 Å². The number of sulfonamides is 1. The second kappa shape index (κ2) is 7.21. The lowest BCUT2D eigenvalue weighted by Crippen LogP contribution is -2.27. The smallest absolute Gasteiger partial charge is 0.250 e. The first kappa shape index (κ1) is 18.3. The van der Waals surface area contributed by atoms with Crippen LogP contribution in [-0.4, -0.2) is 21.6 Å². The molecule has 7 heteroatoms. The Labute approximate surface area is 146 Å². The number of rotatable bonds is 6. The highest BCUT2D eigenvalue weighted by molar-refractivity contribution is 7.91. The van der Waals surface area contributed by atoms with Gasteiger partial charge in [-0.15, -0.1) is 11.3 Å². The van der Waals surface area contributed by atoms with E-state index in [-0.39, 0.29) is 22.8 Å². The Bertz CT molecular complexity index is 764. The second-order valence-corrected chi connectivity index (χ2v) is 9.79. The highest BCUT2D eigenvalue weighted by Gasteiger charge is 2.16. The van der Waals surface area contributed by atoms with Gasteiger partial charge in [-0.1, -0.05) is 44.5 Å². The Morgan fingerprint density at radius 3 is 2.57 bits per heavy atom. The molecule has 23 heavy (non-hydrogen) atoms. The van der Waals surface area contributed by atoms with Crippen molar-refractivity contribution in [2.75, 3.05) is 13.2 Å². The maximum Gasteiger partial charge on any atom is 0.250 e. The molecule has 0 fully saturated rings. The predicted octanol–water partition coefficient (Wildman–Crippen LogP) is 4.06. The summed E-state index contributed by atoms with van der Waals surface area (Å²) in [6.07, 6.45) is 0. The van der Waals surface area contributed by atoms with Crippen LogP contribution in [0.2, 0.25) is 4.34 Å². The van der Waals surface area contributed by atoms with Gasteiger partial charge in [0.25, 0.3) is 0 Å². The van der Waals surface area contributed by atoms with Gasteiger partial charge >= 0.3 is 0 Å². The van der Waals surface area contributed by atoms with E-state index in [0.29, 0.717) is 4.34 Å². The van der Waals surface area contributed by atoms with Crippen LogP contribution in [0.4, 0.5) is 0 Å². The molecule has 126 valence electrons. The molecule has 1 heterocycles. The molecule has 0 aliphatic heterocycles. The standard InChI is InChI=1S/C16H20ClNO3S2/c1-16(2,3)12-5-4-6-13(11-12)21-10-9-18-23(19,20)15-8-7-14(17)22-15/h4-8,11,18H,9-10H2,1-3H3. The van der Waals surface area contributed by atoms with Gasteiger partial charge in [-0.25, -0.2) is 13.1 Å². The summed E-state index contributed by atoms with van der Waals surface area (Å²) in [5.41, 5.74) is 1.21. The largest absolute Gasteiger partial charge is 0.492 e. The third-order valence-corrected chi connectivity index (χ3v) is 6.36. The number of hydrogen-bond acceptors (Lipinski definition) is 4. The Balaban J connectivity index is 1.88. The molecule has 0 amide bonds. The van der Waals surface area contributed by atoms with Gasteiger partial charge in [-0.05, 0) is 35.2 Å². The highest BCUT2D eigenvalue weighted by atomic mass is 35.5. The van der Waals surface area contributed by atoms with E-state index in [2.05, 4.69) is 31.6 Å². The normalized spacial score (nSPS) is 12.3. The predicted molar refractivity (Wildman–Crippen MR) is 95.2 cm³/mol. The van der Waals surface area contributed by atoms with Gasteiger partial charge in [0.15, 0.2) is 0 Å². The summed E-state index contributed by atoms with van der Waals surface area (Å²) in [7, 11) is -3.52. The lowest BCUT2D eigenvalue weighted by atomic mass is 9.87. The lowest BCUT2D eigenvalue weighted by molar-refractivity contribution is 0.322. The molecule has 0 bridgehead atoms. The van der Waals surface area contributed by atoms with E-state index in [0.717, 1.165) is 17.1 Å². The average Bonchev–Trinajstić information content (AvgIpc) is 2.91. The topological polar surface area (TPSA) is 55.4 Å². The van der Waals surface area contributed by atoms with E-state index in [1.165, 1.54) is 11.6 Å². The Hall–Kier alpha value is -1.08. The number of hydrogen-bond donors (Lipinski definition) is 1. The van der Waals surface area contributed by atoms with Gasteiger partial charge in [-0.3, -0.25) is 0 Å². The SMILES string of the molecule is CC(C)(C)c1cccc(OCCNS(=O)(=O)c2ccc(Cl)s2)c1. The first-order valence-corrected chi connectivity index (χ1v) is 9.84. The fraction of sp³-hybridized carbons (Fsp3) is 0.375. The molecular formula is C16H20ClNO3S2. The molecule has 1 N–H and O–H groups in total. The third kappa shape index (κ3) is 5.21. The lowest BCUT2D eigenvalue weighted by Gasteiger charge is -2.19. The molecule has 0 saturated heterocycles. The molecule has 0 spiro atoms. The van der Waals surface area contributed by atoms with Crippen LogP contribution in [0.3, 0.4) is 0 Å². The number of benzene rings is 1. The summed E-state index contributed by atoms with van der Waals surface area (Å²) in [4.78, 5) is 0. The van der Waals surface area contributed by atoms with Crippen molar-refractivity contribution < 1.29 is 13.2 Å². The highest BCUT2D eigenvalue weighted by Crippen LogP contribution is 2.26. The summed E-state index contributed by atoms with van der Waals surface area (Å²) in [6, 6.07) is 10.9. The molecule has 2 aromatic rings. The maximum atomic E-state index is 12.0. The molecular weight excluding hydrogens is 354 g/mol. The van der Waals surface area contributed by atoms with Crippen molar-refractivity contribution >= 4 is 33.0 Å². The van der Waals surface area contributed by atoms with Crippen molar-refractivity contribution in [1.29, 1.82) is 0 Å². The van der Waals surface area contributed by atoms with Crippen molar-refractivity contribution in [2.24, 2.45) is 0 Å².